The second-order valence-corrected chi connectivity index (χ2v) is 6.81. The highest BCUT2D eigenvalue weighted by molar-refractivity contribution is 7.15. The first-order valence-electron chi connectivity index (χ1n) is 6.56. The zero-order valence-electron chi connectivity index (χ0n) is 11.3. The van der Waals surface area contributed by atoms with E-state index in [0.29, 0.717) is 0 Å². The van der Waals surface area contributed by atoms with Crippen LogP contribution in [0.5, 0.6) is 0 Å². The van der Waals surface area contributed by atoms with Gasteiger partial charge in [0.15, 0.2) is 0 Å². The van der Waals surface area contributed by atoms with E-state index in [1.807, 2.05) is 6.20 Å². The number of hydrogen-bond acceptors (Lipinski definition) is 4. The van der Waals surface area contributed by atoms with Crippen molar-refractivity contribution in [3.05, 3.63) is 63.4 Å². The molecule has 0 amide bonds. The third-order valence-electron chi connectivity index (χ3n) is 3.05. The monoisotopic (exact) mass is 300 g/mol. The van der Waals surface area contributed by atoms with Gasteiger partial charge in [-0.15, -0.1) is 22.7 Å². The fourth-order valence-electron chi connectivity index (χ4n) is 1.95. The number of aryl methyl sites for hydroxylation is 1. The molecule has 1 N–H and O–H groups in total. The van der Waals surface area contributed by atoms with Crippen molar-refractivity contribution in [3.63, 3.8) is 0 Å². The first kappa shape index (κ1) is 13.5. The molecule has 2 heterocycles. The molecule has 20 heavy (non-hydrogen) atoms. The predicted octanol–water partition coefficient (Wildman–Crippen LogP) is 4.47. The fraction of sp³-hybridized carbons (Fsp3) is 0.188. The number of benzene rings is 1. The van der Waals surface area contributed by atoms with Gasteiger partial charge in [0.05, 0.1) is 4.88 Å². The van der Waals surface area contributed by atoms with Crippen LogP contribution in [0.1, 0.15) is 15.4 Å². The SMILES string of the molecule is Cc1ccc(-c2cnc(CNCc3cccs3)s2)cc1. The van der Waals surface area contributed by atoms with Gasteiger partial charge in [-0.25, -0.2) is 4.98 Å². The Morgan fingerprint density at radius 3 is 2.70 bits per heavy atom. The molecule has 0 saturated carbocycles. The van der Waals surface area contributed by atoms with Gasteiger partial charge in [-0.3, -0.25) is 0 Å². The normalized spacial score (nSPS) is 10.8. The number of hydrogen-bond donors (Lipinski definition) is 1. The summed E-state index contributed by atoms with van der Waals surface area (Å²) in [7, 11) is 0. The van der Waals surface area contributed by atoms with E-state index in [4.69, 9.17) is 0 Å². The van der Waals surface area contributed by atoms with Crippen LogP contribution in [0.25, 0.3) is 10.4 Å². The van der Waals surface area contributed by atoms with Crippen molar-refractivity contribution in [2.24, 2.45) is 0 Å². The van der Waals surface area contributed by atoms with E-state index < -0.39 is 0 Å². The summed E-state index contributed by atoms with van der Waals surface area (Å²) in [6.07, 6.45) is 1.97. The molecule has 0 atom stereocenters. The van der Waals surface area contributed by atoms with E-state index in [2.05, 4.69) is 59.0 Å². The lowest BCUT2D eigenvalue weighted by molar-refractivity contribution is 0.697. The lowest BCUT2D eigenvalue weighted by Crippen LogP contribution is -2.11. The molecular formula is C16H16N2S2. The van der Waals surface area contributed by atoms with Crippen LogP contribution in [0.4, 0.5) is 0 Å². The number of nitrogens with one attached hydrogen (secondary N) is 1. The van der Waals surface area contributed by atoms with Gasteiger partial charge in [-0.1, -0.05) is 35.9 Å². The fourth-order valence-corrected chi connectivity index (χ4v) is 3.52. The molecule has 0 bridgehead atoms. The van der Waals surface area contributed by atoms with E-state index in [9.17, 15) is 0 Å². The van der Waals surface area contributed by atoms with Gasteiger partial charge in [0.1, 0.15) is 5.01 Å². The third kappa shape index (κ3) is 3.33. The molecule has 0 fully saturated rings. The Kier molecular flexibility index (Phi) is 4.25. The number of thiazole rings is 1. The molecule has 2 nitrogen and oxygen atoms in total. The molecular weight excluding hydrogens is 284 g/mol. The van der Waals surface area contributed by atoms with Crippen molar-refractivity contribution in [3.8, 4) is 10.4 Å². The molecule has 1 aromatic carbocycles. The maximum absolute atomic E-state index is 4.49. The average molecular weight is 300 g/mol. The van der Waals surface area contributed by atoms with Crippen molar-refractivity contribution in [1.29, 1.82) is 0 Å². The lowest BCUT2D eigenvalue weighted by atomic mass is 10.1. The Hall–Kier alpha value is -1.49. The van der Waals surface area contributed by atoms with Crippen LogP contribution >= 0.6 is 22.7 Å². The molecule has 0 saturated heterocycles. The zero-order valence-corrected chi connectivity index (χ0v) is 12.9. The van der Waals surface area contributed by atoms with Gasteiger partial charge < -0.3 is 5.32 Å². The second-order valence-electron chi connectivity index (χ2n) is 4.67. The highest BCUT2D eigenvalue weighted by atomic mass is 32.1. The predicted molar refractivity (Wildman–Crippen MR) is 87.1 cm³/mol. The summed E-state index contributed by atoms with van der Waals surface area (Å²) in [5, 5.41) is 6.68. The van der Waals surface area contributed by atoms with Gasteiger partial charge >= 0.3 is 0 Å². The smallest absolute Gasteiger partial charge is 0.107 e. The van der Waals surface area contributed by atoms with Gasteiger partial charge in [-0.2, -0.15) is 0 Å². The number of aromatic nitrogens is 1. The Bertz CT molecular complexity index is 654. The standard InChI is InChI=1S/C16H16N2S2/c1-12-4-6-13(7-5-12)15-10-18-16(20-15)11-17-9-14-3-2-8-19-14/h2-8,10,17H,9,11H2,1H3. The van der Waals surface area contributed by atoms with Crippen LogP contribution in [-0.4, -0.2) is 4.98 Å². The topological polar surface area (TPSA) is 24.9 Å². The minimum atomic E-state index is 0.828. The maximum atomic E-state index is 4.49. The van der Waals surface area contributed by atoms with E-state index in [1.165, 1.54) is 20.9 Å². The van der Waals surface area contributed by atoms with Crippen molar-refractivity contribution in [2.45, 2.75) is 20.0 Å². The minimum Gasteiger partial charge on any atom is -0.306 e. The van der Waals surface area contributed by atoms with Gasteiger partial charge in [0, 0.05) is 24.2 Å². The molecule has 0 unspecified atom stereocenters. The second kappa shape index (κ2) is 6.31. The van der Waals surface area contributed by atoms with Crippen LogP contribution < -0.4 is 5.32 Å². The Labute approximate surface area is 127 Å². The molecule has 3 rings (SSSR count). The Morgan fingerprint density at radius 2 is 1.95 bits per heavy atom. The first-order valence-corrected chi connectivity index (χ1v) is 8.26. The molecule has 0 aliphatic heterocycles. The van der Waals surface area contributed by atoms with Crippen molar-refractivity contribution < 1.29 is 0 Å². The molecule has 0 aliphatic rings. The third-order valence-corrected chi connectivity index (χ3v) is 4.97. The summed E-state index contributed by atoms with van der Waals surface area (Å²) < 4.78 is 0. The molecule has 0 aliphatic carbocycles. The molecule has 0 radical (unpaired) electrons. The lowest BCUT2D eigenvalue weighted by Gasteiger charge is -1.99. The average Bonchev–Trinajstić information content (AvgIpc) is 3.11. The van der Waals surface area contributed by atoms with Crippen LogP contribution in [0, 0.1) is 6.92 Å². The van der Waals surface area contributed by atoms with Crippen molar-refractivity contribution >= 4 is 22.7 Å². The van der Waals surface area contributed by atoms with E-state index in [1.54, 1.807) is 22.7 Å². The summed E-state index contributed by atoms with van der Waals surface area (Å²) in [6, 6.07) is 12.8. The van der Waals surface area contributed by atoms with E-state index in [0.717, 1.165) is 18.1 Å². The van der Waals surface area contributed by atoms with Crippen molar-refractivity contribution in [1.82, 2.24) is 10.3 Å². The van der Waals surface area contributed by atoms with Crippen LogP contribution in [0.3, 0.4) is 0 Å². The largest absolute Gasteiger partial charge is 0.306 e. The Balaban J connectivity index is 1.60. The van der Waals surface area contributed by atoms with Crippen LogP contribution in [0.15, 0.2) is 48.0 Å². The van der Waals surface area contributed by atoms with Gasteiger partial charge in [-0.05, 0) is 23.9 Å². The van der Waals surface area contributed by atoms with E-state index >= 15 is 0 Å². The summed E-state index contributed by atoms with van der Waals surface area (Å²) in [4.78, 5) is 7.09. The molecule has 2 aromatic heterocycles. The highest BCUT2D eigenvalue weighted by Crippen LogP contribution is 2.26. The quantitative estimate of drug-likeness (QED) is 0.752. The molecule has 4 heteroatoms. The number of nitrogens with zero attached hydrogens (tertiary/aromatic N) is 1. The van der Waals surface area contributed by atoms with Crippen LogP contribution in [0.2, 0.25) is 0 Å². The first-order chi connectivity index (χ1) is 9.81. The Morgan fingerprint density at radius 1 is 1.10 bits per heavy atom. The summed E-state index contributed by atoms with van der Waals surface area (Å²) >= 11 is 3.54. The van der Waals surface area contributed by atoms with Crippen molar-refractivity contribution in [2.75, 3.05) is 0 Å². The zero-order chi connectivity index (χ0) is 13.8. The summed E-state index contributed by atoms with van der Waals surface area (Å²) in [5.41, 5.74) is 2.54. The molecule has 3 aromatic rings. The summed E-state index contributed by atoms with van der Waals surface area (Å²) in [6.45, 7) is 3.85. The minimum absolute atomic E-state index is 0.828. The number of thiophene rings is 1. The van der Waals surface area contributed by atoms with E-state index in [-0.39, 0.29) is 0 Å². The van der Waals surface area contributed by atoms with Gasteiger partial charge in [0.2, 0.25) is 0 Å². The molecule has 0 spiro atoms. The summed E-state index contributed by atoms with van der Waals surface area (Å²) in [5.74, 6) is 0. The maximum Gasteiger partial charge on any atom is 0.107 e. The highest BCUT2D eigenvalue weighted by Gasteiger charge is 2.04. The van der Waals surface area contributed by atoms with Crippen LogP contribution in [-0.2, 0) is 13.1 Å². The number of rotatable bonds is 5. The van der Waals surface area contributed by atoms with Gasteiger partial charge in [0.25, 0.3) is 0 Å². The molecule has 102 valence electrons.